The molecule has 1 aromatic carbocycles. The van der Waals surface area contributed by atoms with Gasteiger partial charge in [0.1, 0.15) is 5.82 Å². The van der Waals surface area contributed by atoms with Gasteiger partial charge in [-0.2, -0.15) is 0 Å². The van der Waals surface area contributed by atoms with Crippen molar-refractivity contribution < 1.29 is 9.59 Å². The number of nitrogens with one attached hydrogen (secondary N) is 2. The van der Waals surface area contributed by atoms with Gasteiger partial charge in [0.25, 0.3) is 5.91 Å². The van der Waals surface area contributed by atoms with E-state index in [0.29, 0.717) is 15.7 Å². The number of rotatable bonds is 6. The molecule has 32 heavy (non-hydrogen) atoms. The van der Waals surface area contributed by atoms with Crippen molar-refractivity contribution in [2.45, 2.75) is 32.2 Å². The molecule has 4 aromatic rings. The van der Waals surface area contributed by atoms with Gasteiger partial charge < -0.3 is 9.88 Å². The van der Waals surface area contributed by atoms with Crippen molar-refractivity contribution in [2.24, 2.45) is 0 Å². The highest BCUT2D eigenvalue weighted by Gasteiger charge is 2.16. The van der Waals surface area contributed by atoms with E-state index in [1.807, 2.05) is 41.9 Å². The van der Waals surface area contributed by atoms with E-state index >= 15 is 0 Å². The maximum Gasteiger partial charge on any atom is 0.267 e. The van der Waals surface area contributed by atoms with Gasteiger partial charge in [-0.05, 0) is 55.0 Å². The number of amides is 2. The van der Waals surface area contributed by atoms with Gasteiger partial charge in [0.05, 0.1) is 17.0 Å². The van der Waals surface area contributed by atoms with Crippen LogP contribution in [-0.4, -0.2) is 26.3 Å². The molecule has 2 amide bonds. The van der Waals surface area contributed by atoms with Crippen molar-refractivity contribution >= 4 is 45.3 Å². The van der Waals surface area contributed by atoms with Crippen LogP contribution in [-0.2, 0) is 24.2 Å². The quantitative estimate of drug-likeness (QED) is 0.428. The fourth-order valence-corrected chi connectivity index (χ4v) is 5.08. The van der Waals surface area contributed by atoms with Gasteiger partial charge in [-0.25, -0.2) is 9.97 Å². The van der Waals surface area contributed by atoms with Crippen molar-refractivity contribution in [3.63, 3.8) is 0 Å². The lowest BCUT2D eigenvalue weighted by molar-refractivity contribution is -0.115. The second-order valence-corrected chi connectivity index (χ2v) is 9.37. The standard InChI is InChI=1S/C23H21N5O2S2/c29-20(12-17-14-32-23(26-17)27-22(30)19-5-3-11-31-19)25-16-8-6-15(7-9-16)21-24-13-18-4-1-2-10-28(18)21/h3,5-9,11,13-14H,1-2,4,10,12H2,(H,25,29)(H,26,27,30). The first-order chi connectivity index (χ1) is 15.7. The van der Waals surface area contributed by atoms with E-state index in [-0.39, 0.29) is 18.2 Å². The minimum absolute atomic E-state index is 0.140. The summed E-state index contributed by atoms with van der Waals surface area (Å²) >= 11 is 2.68. The van der Waals surface area contributed by atoms with E-state index in [9.17, 15) is 9.59 Å². The molecule has 0 saturated carbocycles. The Kier molecular flexibility index (Phi) is 5.83. The Morgan fingerprint density at radius 2 is 1.94 bits per heavy atom. The Morgan fingerprint density at radius 3 is 2.75 bits per heavy atom. The Labute approximate surface area is 193 Å². The van der Waals surface area contributed by atoms with Crippen LogP contribution < -0.4 is 10.6 Å². The number of aromatic nitrogens is 3. The molecule has 162 valence electrons. The van der Waals surface area contributed by atoms with Crippen molar-refractivity contribution in [2.75, 3.05) is 10.6 Å². The van der Waals surface area contributed by atoms with Crippen LogP contribution in [0.15, 0.2) is 53.4 Å². The molecule has 0 aliphatic carbocycles. The van der Waals surface area contributed by atoms with E-state index in [2.05, 4.69) is 25.2 Å². The van der Waals surface area contributed by atoms with Crippen LogP contribution in [0.2, 0.25) is 0 Å². The largest absolute Gasteiger partial charge is 0.328 e. The normalized spacial score (nSPS) is 12.9. The van der Waals surface area contributed by atoms with Crippen LogP contribution in [0.25, 0.3) is 11.4 Å². The molecule has 0 bridgehead atoms. The highest BCUT2D eigenvalue weighted by atomic mass is 32.1. The molecule has 0 saturated heterocycles. The monoisotopic (exact) mass is 463 g/mol. The Morgan fingerprint density at radius 1 is 1.06 bits per heavy atom. The zero-order valence-electron chi connectivity index (χ0n) is 17.2. The first kappa shape index (κ1) is 20.6. The molecule has 2 N–H and O–H groups in total. The van der Waals surface area contributed by atoms with Crippen LogP contribution in [0.3, 0.4) is 0 Å². The number of carbonyl (C=O) groups is 2. The predicted octanol–water partition coefficient (Wildman–Crippen LogP) is 4.84. The Bertz CT molecular complexity index is 1240. The number of nitrogens with zero attached hydrogens (tertiary/aromatic N) is 3. The van der Waals surface area contributed by atoms with E-state index < -0.39 is 0 Å². The zero-order valence-corrected chi connectivity index (χ0v) is 18.8. The predicted molar refractivity (Wildman–Crippen MR) is 127 cm³/mol. The van der Waals surface area contributed by atoms with Crippen molar-refractivity contribution in [1.82, 2.24) is 14.5 Å². The van der Waals surface area contributed by atoms with Crippen molar-refractivity contribution in [3.05, 3.63) is 69.6 Å². The summed E-state index contributed by atoms with van der Waals surface area (Å²) < 4.78 is 2.29. The average molecular weight is 464 g/mol. The molecule has 0 radical (unpaired) electrons. The van der Waals surface area contributed by atoms with Gasteiger partial charge in [-0.3, -0.25) is 14.9 Å². The van der Waals surface area contributed by atoms with Crippen LogP contribution in [0.1, 0.15) is 33.9 Å². The summed E-state index contributed by atoms with van der Waals surface area (Å²) in [6, 6.07) is 11.3. The fraction of sp³-hybridized carbons (Fsp3) is 0.217. The third kappa shape index (κ3) is 4.49. The third-order valence-electron chi connectivity index (χ3n) is 5.29. The van der Waals surface area contributed by atoms with Gasteiger partial charge in [0.15, 0.2) is 5.13 Å². The number of hydrogen-bond donors (Lipinski definition) is 2. The van der Waals surface area contributed by atoms with Gasteiger partial charge in [-0.1, -0.05) is 6.07 Å². The topological polar surface area (TPSA) is 88.9 Å². The van der Waals surface area contributed by atoms with Gasteiger partial charge in [0.2, 0.25) is 5.91 Å². The molecule has 0 unspecified atom stereocenters. The average Bonchev–Trinajstić information content (AvgIpc) is 3.55. The molecular weight excluding hydrogens is 442 g/mol. The number of hydrogen-bond acceptors (Lipinski definition) is 6. The van der Waals surface area contributed by atoms with Gasteiger partial charge in [0, 0.05) is 35.1 Å². The first-order valence-corrected chi connectivity index (χ1v) is 12.2. The van der Waals surface area contributed by atoms with E-state index in [4.69, 9.17) is 0 Å². The smallest absolute Gasteiger partial charge is 0.267 e. The molecule has 9 heteroatoms. The fourth-order valence-electron chi connectivity index (χ4n) is 3.75. The highest BCUT2D eigenvalue weighted by molar-refractivity contribution is 7.14. The van der Waals surface area contributed by atoms with E-state index in [1.54, 1.807) is 11.4 Å². The maximum atomic E-state index is 12.5. The molecule has 4 heterocycles. The SMILES string of the molecule is O=C(Cc1csc(NC(=O)c2cccs2)n1)Nc1ccc(-c2ncc3n2CCCC3)cc1. The summed E-state index contributed by atoms with van der Waals surface area (Å²) in [5, 5.41) is 9.80. The summed E-state index contributed by atoms with van der Waals surface area (Å²) in [5.41, 5.74) is 3.68. The lowest BCUT2D eigenvalue weighted by Gasteiger charge is -2.16. The molecule has 3 aromatic heterocycles. The molecule has 1 aliphatic rings. The summed E-state index contributed by atoms with van der Waals surface area (Å²) in [7, 11) is 0. The Hall–Kier alpha value is -3.30. The number of benzene rings is 1. The number of imidazole rings is 1. The molecular formula is C23H21N5O2S2. The summed E-state index contributed by atoms with van der Waals surface area (Å²) in [4.78, 5) is 34.1. The number of carbonyl (C=O) groups excluding carboxylic acids is 2. The minimum atomic E-state index is -0.191. The third-order valence-corrected chi connectivity index (χ3v) is 6.96. The van der Waals surface area contributed by atoms with Crippen LogP contribution in [0, 0.1) is 0 Å². The van der Waals surface area contributed by atoms with Crippen molar-refractivity contribution in [1.29, 1.82) is 0 Å². The van der Waals surface area contributed by atoms with Gasteiger partial charge >= 0.3 is 0 Å². The van der Waals surface area contributed by atoms with E-state index in [1.165, 1.54) is 41.2 Å². The van der Waals surface area contributed by atoms with E-state index in [0.717, 1.165) is 30.0 Å². The summed E-state index contributed by atoms with van der Waals surface area (Å²) in [6.07, 6.45) is 5.59. The van der Waals surface area contributed by atoms with Crippen molar-refractivity contribution in [3.8, 4) is 11.4 Å². The second-order valence-electron chi connectivity index (χ2n) is 7.56. The molecule has 5 rings (SSSR count). The molecule has 0 atom stereocenters. The lowest BCUT2D eigenvalue weighted by atomic mass is 10.1. The molecule has 0 fully saturated rings. The van der Waals surface area contributed by atoms with Crippen LogP contribution >= 0.6 is 22.7 Å². The number of thiazole rings is 1. The van der Waals surface area contributed by atoms with Crippen LogP contribution in [0.4, 0.5) is 10.8 Å². The summed E-state index contributed by atoms with van der Waals surface area (Å²) in [6.45, 7) is 1.01. The minimum Gasteiger partial charge on any atom is -0.328 e. The number of aryl methyl sites for hydroxylation is 1. The molecule has 0 spiro atoms. The second kappa shape index (κ2) is 9.05. The zero-order chi connectivity index (χ0) is 21.9. The summed E-state index contributed by atoms with van der Waals surface area (Å²) in [5.74, 6) is 0.638. The number of anilines is 2. The first-order valence-electron chi connectivity index (χ1n) is 10.4. The lowest BCUT2D eigenvalue weighted by Crippen LogP contribution is -2.15. The van der Waals surface area contributed by atoms with Gasteiger partial charge in [-0.15, -0.1) is 22.7 Å². The highest BCUT2D eigenvalue weighted by Crippen LogP contribution is 2.26. The number of fused-ring (bicyclic) bond motifs is 1. The molecule has 7 nitrogen and oxygen atoms in total. The Balaban J connectivity index is 1.18. The molecule has 1 aliphatic heterocycles. The maximum absolute atomic E-state index is 12.5. The number of thiophene rings is 1. The van der Waals surface area contributed by atoms with Crippen LogP contribution in [0.5, 0.6) is 0 Å².